The Bertz CT molecular complexity index is 629. The van der Waals surface area contributed by atoms with E-state index in [0.717, 1.165) is 25.3 Å². The largest absolute Gasteiger partial charge is 0.375 e. The number of para-hydroxylation sites is 1. The minimum atomic E-state index is -4.70. The fraction of sp³-hybridized carbons (Fsp3) is 0.500. The summed E-state index contributed by atoms with van der Waals surface area (Å²) in [5, 5.41) is 2.67. The Kier molecular flexibility index (Phi) is 5.33. The van der Waals surface area contributed by atoms with Crippen LogP contribution < -0.4 is 5.32 Å². The predicted octanol–water partition coefficient (Wildman–Crippen LogP) is 2.11. The molecule has 1 fully saturated rings. The average molecular weight is 332 g/mol. The molecule has 0 saturated carbocycles. The van der Waals surface area contributed by atoms with Crippen LogP contribution >= 0.6 is 0 Å². The number of alkyl halides is 2. The maximum Gasteiger partial charge on any atom is 0.341 e. The SMILES string of the molecule is O=C(CNc1ccccc1S(=O)(=O)C(F)F)N1CCCCC1. The van der Waals surface area contributed by atoms with Crippen molar-refractivity contribution in [3.05, 3.63) is 24.3 Å². The van der Waals surface area contributed by atoms with Crippen molar-refractivity contribution < 1.29 is 22.0 Å². The highest BCUT2D eigenvalue weighted by Crippen LogP contribution is 2.26. The monoisotopic (exact) mass is 332 g/mol. The van der Waals surface area contributed by atoms with E-state index in [4.69, 9.17) is 0 Å². The number of nitrogens with zero attached hydrogens (tertiary/aromatic N) is 1. The summed E-state index contributed by atoms with van der Waals surface area (Å²) < 4.78 is 48.6. The van der Waals surface area contributed by atoms with E-state index in [9.17, 15) is 22.0 Å². The van der Waals surface area contributed by atoms with Gasteiger partial charge in [0.05, 0.1) is 17.1 Å². The highest BCUT2D eigenvalue weighted by atomic mass is 32.2. The van der Waals surface area contributed by atoms with Gasteiger partial charge in [0.1, 0.15) is 0 Å². The lowest BCUT2D eigenvalue weighted by molar-refractivity contribution is -0.130. The molecule has 1 aromatic rings. The van der Waals surface area contributed by atoms with Gasteiger partial charge in [-0.15, -0.1) is 0 Å². The van der Waals surface area contributed by atoms with Gasteiger partial charge >= 0.3 is 5.76 Å². The molecule has 1 amide bonds. The van der Waals surface area contributed by atoms with Gasteiger partial charge in [-0.1, -0.05) is 12.1 Å². The predicted molar refractivity (Wildman–Crippen MR) is 78.6 cm³/mol. The molecule has 122 valence electrons. The highest BCUT2D eigenvalue weighted by molar-refractivity contribution is 7.91. The molecule has 8 heteroatoms. The first-order chi connectivity index (χ1) is 10.4. The molecule has 1 N–H and O–H groups in total. The summed E-state index contributed by atoms with van der Waals surface area (Å²) >= 11 is 0. The number of hydrogen-bond donors (Lipinski definition) is 1. The fourth-order valence-corrected chi connectivity index (χ4v) is 3.29. The van der Waals surface area contributed by atoms with Crippen LogP contribution in [0.15, 0.2) is 29.2 Å². The van der Waals surface area contributed by atoms with Crippen LogP contribution in [0.4, 0.5) is 14.5 Å². The summed E-state index contributed by atoms with van der Waals surface area (Å²) in [4.78, 5) is 13.2. The molecule has 2 rings (SSSR count). The van der Waals surface area contributed by atoms with Crippen molar-refractivity contribution in [2.24, 2.45) is 0 Å². The molecule has 1 aromatic carbocycles. The number of anilines is 1. The van der Waals surface area contributed by atoms with Gasteiger partial charge in [-0.25, -0.2) is 8.42 Å². The summed E-state index contributed by atoms with van der Waals surface area (Å²) in [6, 6.07) is 5.37. The van der Waals surface area contributed by atoms with E-state index in [1.807, 2.05) is 0 Å². The van der Waals surface area contributed by atoms with Gasteiger partial charge in [0.2, 0.25) is 15.7 Å². The molecular formula is C14H18F2N2O3S. The van der Waals surface area contributed by atoms with Gasteiger partial charge in [-0.2, -0.15) is 8.78 Å². The second kappa shape index (κ2) is 7.04. The van der Waals surface area contributed by atoms with Crippen molar-refractivity contribution in [2.45, 2.75) is 29.9 Å². The van der Waals surface area contributed by atoms with E-state index in [2.05, 4.69) is 5.32 Å². The van der Waals surface area contributed by atoms with Gasteiger partial charge in [-0.05, 0) is 31.4 Å². The number of hydrogen-bond acceptors (Lipinski definition) is 4. The third kappa shape index (κ3) is 3.73. The van der Waals surface area contributed by atoms with E-state index in [1.54, 1.807) is 4.90 Å². The van der Waals surface area contributed by atoms with Crippen LogP contribution in [-0.2, 0) is 14.6 Å². The molecule has 0 unspecified atom stereocenters. The van der Waals surface area contributed by atoms with E-state index < -0.39 is 20.5 Å². The number of carbonyl (C=O) groups excluding carboxylic acids is 1. The molecule has 1 aliphatic rings. The van der Waals surface area contributed by atoms with Crippen molar-refractivity contribution in [2.75, 3.05) is 25.0 Å². The van der Waals surface area contributed by atoms with Crippen molar-refractivity contribution >= 4 is 21.4 Å². The third-order valence-corrected chi connectivity index (χ3v) is 5.01. The summed E-state index contributed by atoms with van der Waals surface area (Å²) in [7, 11) is -4.70. The molecule has 0 bridgehead atoms. The number of piperidine rings is 1. The number of sulfone groups is 1. The Hall–Kier alpha value is -1.70. The van der Waals surface area contributed by atoms with E-state index in [0.29, 0.717) is 13.1 Å². The molecule has 1 saturated heterocycles. The van der Waals surface area contributed by atoms with Crippen molar-refractivity contribution in [3.63, 3.8) is 0 Å². The van der Waals surface area contributed by atoms with Crippen LogP contribution in [0.3, 0.4) is 0 Å². The standard InChI is InChI=1S/C14H18F2N2O3S/c15-14(16)22(20,21)12-7-3-2-6-11(12)17-10-13(19)18-8-4-1-5-9-18/h2-3,6-7,14,17H,1,4-5,8-10H2. The summed E-state index contributed by atoms with van der Waals surface area (Å²) in [5.74, 6) is -3.66. The smallest absolute Gasteiger partial charge is 0.341 e. The van der Waals surface area contributed by atoms with Gasteiger partial charge in [0.15, 0.2) is 0 Å². The lowest BCUT2D eigenvalue weighted by Crippen LogP contribution is -2.39. The number of amides is 1. The molecule has 0 aromatic heterocycles. The minimum absolute atomic E-state index is 0.0214. The van der Waals surface area contributed by atoms with Gasteiger partial charge in [0.25, 0.3) is 0 Å². The molecule has 0 spiro atoms. The second-order valence-corrected chi connectivity index (χ2v) is 6.98. The minimum Gasteiger partial charge on any atom is -0.375 e. The second-order valence-electron chi connectivity index (χ2n) is 5.10. The Labute approximate surface area is 128 Å². The molecule has 1 heterocycles. The van der Waals surface area contributed by atoms with Crippen LogP contribution in [0.5, 0.6) is 0 Å². The van der Waals surface area contributed by atoms with Gasteiger partial charge in [0, 0.05) is 13.1 Å². The molecule has 0 atom stereocenters. The number of halogens is 2. The van der Waals surface area contributed by atoms with Crippen LogP contribution in [0, 0.1) is 0 Å². The van der Waals surface area contributed by atoms with Crippen molar-refractivity contribution in [1.82, 2.24) is 4.90 Å². The summed E-state index contributed by atoms with van der Waals surface area (Å²) in [5.41, 5.74) is 0.0214. The zero-order valence-corrected chi connectivity index (χ0v) is 12.8. The number of benzene rings is 1. The Balaban J connectivity index is 2.09. The molecule has 0 radical (unpaired) electrons. The lowest BCUT2D eigenvalue weighted by atomic mass is 10.1. The number of nitrogens with one attached hydrogen (secondary N) is 1. The zero-order valence-electron chi connectivity index (χ0n) is 12.0. The van der Waals surface area contributed by atoms with Gasteiger partial charge in [-0.3, -0.25) is 4.79 Å². The molecular weight excluding hydrogens is 314 g/mol. The van der Waals surface area contributed by atoms with Crippen LogP contribution in [0.1, 0.15) is 19.3 Å². The van der Waals surface area contributed by atoms with E-state index in [1.165, 1.54) is 18.2 Å². The molecule has 0 aliphatic carbocycles. The average Bonchev–Trinajstić information content (AvgIpc) is 2.53. The zero-order chi connectivity index (χ0) is 16.2. The first-order valence-electron chi connectivity index (χ1n) is 7.05. The number of likely N-dealkylation sites (tertiary alicyclic amines) is 1. The Morgan fingerprint density at radius 2 is 1.82 bits per heavy atom. The quantitative estimate of drug-likeness (QED) is 0.897. The lowest BCUT2D eigenvalue weighted by Gasteiger charge is -2.27. The third-order valence-electron chi connectivity index (χ3n) is 3.57. The molecule has 5 nitrogen and oxygen atoms in total. The van der Waals surface area contributed by atoms with Crippen molar-refractivity contribution in [3.8, 4) is 0 Å². The topological polar surface area (TPSA) is 66.5 Å². The number of carbonyl (C=O) groups is 1. The normalized spacial score (nSPS) is 15.9. The first kappa shape index (κ1) is 16.7. The van der Waals surface area contributed by atoms with E-state index in [-0.39, 0.29) is 18.1 Å². The van der Waals surface area contributed by atoms with Crippen molar-refractivity contribution in [1.29, 1.82) is 0 Å². The number of rotatable bonds is 5. The van der Waals surface area contributed by atoms with Gasteiger partial charge < -0.3 is 10.2 Å². The van der Waals surface area contributed by atoms with Crippen LogP contribution in [0.2, 0.25) is 0 Å². The molecule has 22 heavy (non-hydrogen) atoms. The fourth-order valence-electron chi connectivity index (χ4n) is 2.38. The molecule has 1 aliphatic heterocycles. The first-order valence-corrected chi connectivity index (χ1v) is 8.60. The Morgan fingerprint density at radius 3 is 2.45 bits per heavy atom. The summed E-state index contributed by atoms with van der Waals surface area (Å²) in [6.07, 6.45) is 2.98. The van der Waals surface area contributed by atoms with Crippen LogP contribution in [0.25, 0.3) is 0 Å². The van der Waals surface area contributed by atoms with Crippen LogP contribution in [-0.4, -0.2) is 44.6 Å². The summed E-state index contributed by atoms with van der Waals surface area (Å²) in [6.45, 7) is 1.24. The van der Waals surface area contributed by atoms with E-state index >= 15 is 0 Å². The maximum atomic E-state index is 12.7. The maximum absolute atomic E-state index is 12.7. The highest BCUT2D eigenvalue weighted by Gasteiger charge is 2.29. The Morgan fingerprint density at radius 1 is 1.18 bits per heavy atom.